The molecule has 1 fully saturated rings. The summed E-state index contributed by atoms with van der Waals surface area (Å²) < 4.78 is 5.51. The van der Waals surface area contributed by atoms with E-state index in [2.05, 4.69) is 58.3 Å². The van der Waals surface area contributed by atoms with Gasteiger partial charge in [-0.2, -0.15) is 0 Å². The van der Waals surface area contributed by atoms with Crippen molar-refractivity contribution in [2.45, 2.75) is 13.0 Å². The van der Waals surface area contributed by atoms with Crippen LogP contribution in [0.1, 0.15) is 17.2 Å². The molecule has 1 unspecified atom stereocenters. The molecule has 2 aliphatic heterocycles. The lowest BCUT2D eigenvalue weighted by Crippen LogP contribution is -2.45. The van der Waals surface area contributed by atoms with Gasteiger partial charge in [-0.3, -0.25) is 9.89 Å². The first-order valence-corrected chi connectivity index (χ1v) is 8.12. The SMILES string of the molecule is Cc1cccc(C(CNC2=NCCN2C)N2CCOCC2)c1.I. The van der Waals surface area contributed by atoms with Gasteiger partial charge in [0.25, 0.3) is 0 Å². The van der Waals surface area contributed by atoms with Crippen LogP contribution in [0.3, 0.4) is 0 Å². The lowest BCUT2D eigenvalue weighted by atomic mass is 10.0. The van der Waals surface area contributed by atoms with Gasteiger partial charge in [-0.1, -0.05) is 29.8 Å². The standard InChI is InChI=1S/C17H26N4O.HI/c1-14-4-3-5-15(12-14)16(21-8-10-22-11-9-21)13-19-17-18-6-7-20(17)2;/h3-5,12,16H,6-11,13H2,1-2H3,(H,18,19);1H. The minimum absolute atomic E-state index is 0. The van der Waals surface area contributed by atoms with Gasteiger partial charge in [-0.25, -0.2) is 0 Å². The minimum atomic E-state index is 0. The summed E-state index contributed by atoms with van der Waals surface area (Å²) >= 11 is 0. The number of hydrogen-bond acceptors (Lipinski definition) is 5. The van der Waals surface area contributed by atoms with Crippen molar-refractivity contribution in [1.29, 1.82) is 0 Å². The van der Waals surface area contributed by atoms with Crippen LogP contribution in [-0.2, 0) is 4.74 Å². The second kappa shape index (κ2) is 8.84. The van der Waals surface area contributed by atoms with Gasteiger partial charge in [0.15, 0.2) is 5.96 Å². The van der Waals surface area contributed by atoms with E-state index in [-0.39, 0.29) is 24.0 Å². The molecular formula is C17H27IN4O. The molecule has 0 aromatic heterocycles. The number of halogens is 1. The second-order valence-electron chi connectivity index (χ2n) is 6.09. The maximum atomic E-state index is 5.51. The van der Waals surface area contributed by atoms with Gasteiger partial charge in [0.05, 0.1) is 25.8 Å². The highest BCUT2D eigenvalue weighted by Crippen LogP contribution is 2.22. The summed E-state index contributed by atoms with van der Waals surface area (Å²) in [6, 6.07) is 9.19. The summed E-state index contributed by atoms with van der Waals surface area (Å²) in [5, 5.41) is 3.54. The zero-order chi connectivity index (χ0) is 15.4. The van der Waals surface area contributed by atoms with Gasteiger partial charge in [-0.05, 0) is 12.5 Å². The number of hydrogen-bond donors (Lipinski definition) is 1. The van der Waals surface area contributed by atoms with Crippen molar-refractivity contribution in [3.63, 3.8) is 0 Å². The molecular weight excluding hydrogens is 403 g/mol. The molecule has 0 radical (unpaired) electrons. The van der Waals surface area contributed by atoms with Crippen molar-refractivity contribution in [2.24, 2.45) is 4.99 Å². The Balaban J connectivity index is 0.00000192. The van der Waals surface area contributed by atoms with E-state index in [1.54, 1.807) is 0 Å². The van der Waals surface area contributed by atoms with Crippen molar-refractivity contribution >= 4 is 29.9 Å². The predicted octanol–water partition coefficient (Wildman–Crippen LogP) is 1.88. The van der Waals surface area contributed by atoms with Crippen LogP contribution in [0.5, 0.6) is 0 Å². The molecule has 2 aliphatic rings. The number of benzene rings is 1. The van der Waals surface area contributed by atoms with Crippen molar-refractivity contribution < 1.29 is 4.74 Å². The number of aryl methyl sites for hydroxylation is 1. The first-order valence-electron chi connectivity index (χ1n) is 8.12. The Hall–Kier alpha value is -0.860. The first-order chi connectivity index (χ1) is 10.7. The van der Waals surface area contributed by atoms with Crippen LogP contribution in [0.2, 0.25) is 0 Å². The van der Waals surface area contributed by atoms with Crippen LogP contribution in [0.25, 0.3) is 0 Å². The van der Waals surface area contributed by atoms with Crippen molar-refractivity contribution in [2.75, 3.05) is 53.0 Å². The fourth-order valence-corrected chi connectivity index (χ4v) is 3.14. The molecule has 3 rings (SSSR count). The maximum Gasteiger partial charge on any atom is 0.193 e. The molecule has 0 saturated carbocycles. The highest BCUT2D eigenvalue weighted by molar-refractivity contribution is 14.0. The Kier molecular flexibility index (Phi) is 7.10. The van der Waals surface area contributed by atoms with Crippen molar-refractivity contribution in [3.05, 3.63) is 35.4 Å². The lowest BCUT2D eigenvalue weighted by Gasteiger charge is -2.35. The van der Waals surface area contributed by atoms with E-state index in [1.165, 1.54) is 11.1 Å². The van der Waals surface area contributed by atoms with E-state index < -0.39 is 0 Å². The number of likely N-dealkylation sites (N-methyl/N-ethyl adjacent to an activating group) is 1. The Bertz CT molecular complexity index is 531. The number of nitrogens with zero attached hydrogens (tertiary/aromatic N) is 3. The van der Waals surface area contributed by atoms with E-state index in [0.717, 1.165) is 51.9 Å². The number of aliphatic imine (C=N–C) groups is 1. The summed E-state index contributed by atoms with van der Waals surface area (Å²) in [6.07, 6.45) is 0. The van der Waals surface area contributed by atoms with Crippen LogP contribution in [0.15, 0.2) is 29.3 Å². The molecule has 2 heterocycles. The summed E-state index contributed by atoms with van der Waals surface area (Å²) in [4.78, 5) is 9.24. The number of nitrogens with one attached hydrogen (secondary N) is 1. The molecule has 5 nitrogen and oxygen atoms in total. The maximum absolute atomic E-state index is 5.51. The third kappa shape index (κ3) is 4.81. The molecule has 0 spiro atoms. The predicted molar refractivity (Wildman–Crippen MR) is 105 cm³/mol. The Morgan fingerprint density at radius 3 is 2.70 bits per heavy atom. The summed E-state index contributed by atoms with van der Waals surface area (Å²) in [6.45, 7) is 8.56. The molecule has 23 heavy (non-hydrogen) atoms. The molecule has 6 heteroatoms. The zero-order valence-electron chi connectivity index (χ0n) is 14.0. The lowest BCUT2D eigenvalue weighted by molar-refractivity contribution is 0.0169. The van der Waals surface area contributed by atoms with E-state index in [1.807, 2.05) is 0 Å². The van der Waals surface area contributed by atoms with Crippen LogP contribution < -0.4 is 5.32 Å². The quantitative estimate of drug-likeness (QED) is 0.741. The zero-order valence-corrected chi connectivity index (χ0v) is 16.3. The molecule has 1 aromatic rings. The van der Waals surface area contributed by atoms with Gasteiger partial charge in [0.1, 0.15) is 0 Å². The topological polar surface area (TPSA) is 40.1 Å². The average molecular weight is 430 g/mol. The summed E-state index contributed by atoms with van der Waals surface area (Å²) in [5.74, 6) is 1.02. The van der Waals surface area contributed by atoms with Crippen LogP contribution in [-0.4, -0.2) is 68.7 Å². The third-order valence-electron chi connectivity index (χ3n) is 4.43. The smallest absolute Gasteiger partial charge is 0.193 e. The van der Waals surface area contributed by atoms with E-state index in [4.69, 9.17) is 4.74 Å². The molecule has 1 aromatic carbocycles. The number of guanidine groups is 1. The highest BCUT2D eigenvalue weighted by atomic mass is 127. The van der Waals surface area contributed by atoms with Crippen molar-refractivity contribution in [1.82, 2.24) is 15.1 Å². The molecule has 0 bridgehead atoms. The largest absolute Gasteiger partial charge is 0.379 e. The summed E-state index contributed by atoms with van der Waals surface area (Å²) in [7, 11) is 2.09. The number of morpholine rings is 1. The number of ether oxygens (including phenoxy) is 1. The van der Waals surface area contributed by atoms with Gasteiger partial charge in [-0.15, -0.1) is 24.0 Å². The van der Waals surface area contributed by atoms with Gasteiger partial charge < -0.3 is 15.0 Å². The summed E-state index contributed by atoms with van der Waals surface area (Å²) in [5.41, 5.74) is 2.68. The van der Waals surface area contributed by atoms with Crippen LogP contribution in [0.4, 0.5) is 0 Å². The average Bonchev–Trinajstić information content (AvgIpc) is 2.94. The monoisotopic (exact) mass is 430 g/mol. The molecule has 0 amide bonds. The van der Waals surface area contributed by atoms with Crippen LogP contribution in [0, 0.1) is 6.92 Å². The first kappa shape index (κ1) is 18.5. The molecule has 128 valence electrons. The molecule has 1 N–H and O–H groups in total. The van der Waals surface area contributed by atoms with Crippen molar-refractivity contribution in [3.8, 4) is 0 Å². The van der Waals surface area contributed by atoms with E-state index in [0.29, 0.717) is 6.04 Å². The third-order valence-corrected chi connectivity index (χ3v) is 4.43. The molecule has 1 atom stereocenters. The Morgan fingerprint density at radius 1 is 1.26 bits per heavy atom. The van der Waals surface area contributed by atoms with E-state index >= 15 is 0 Å². The van der Waals surface area contributed by atoms with Crippen LogP contribution >= 0.6 is 24.0 Å². The second-order valence-corrected chi connectivity index (χ2v) is 6.09. The fraction of sp³-hybridized carbons (Fsp3) is 0.588. The Labute approximate surface area is 156 Å². The van der Waals surface area contributed by atoms with Gasteiger partial charge in [0, 0.05) is 33.2 Å². The number of rotatable bonds is 4. The van der Waals surface area contributed by atoms with Gasteiger partial charge in [0.2, 0.25) is 0 Å². The normalized spacial score (nSPS) is 19.9. The highest BCUT2D eigenvalue weighted by Gasteiger charge is 2.24. The van der Waals surface area contributed by atoms with Gasteiger partial charge >= 0.3 is 0 Å². The molecule has 1 saturated heterocycles. The van der Waals surface area contributed by atoms with E-state index in [9.17, 15) is 0 Å². The minimum Gasteiger partial charge on any atom is -0.379 e. The fourth-order valence-electron chi connectivity index (χ4n) is 3.14. The Morgan fingerprint density at radius 2 is 2.04 bits per heavy atom. The molecule has 0 aliphatic carbocycles.